The lowest BCUT2D eigenvalue weighted by Crippen LogP contribution is -2.28. The Morgan fingerprint density at radius 2 is 2.03 bits per heavy atom. The maximum Gasteiger partial charge on any atom is 0.254 e. The molecule has 31 heavy (non-hydrogen) atoms. The van der Waals surface area contributed by atoms with Crippen LogP contribution in [-0.4, -0.2) is 33.3 Å². The normalized spacial score (nSPS) is 17.5. The Bertz CT molecular complexity index is 1070. The first kappa shape index (κ1) is 22.0. The number of anilines is 3. The van der Waals surface area contributed by atoms with Gasteiger partial charge in [-0.2, -0.15) is 4.98 Å². The third kappa shape index (κ3) is 5.66. The quantitative estimate of drug-likeness (QED) is 0.416. The zero-order valence-corrected chi connectivity index (χ0v) is 18.0. The van der Waals surface area contributed by atoms with Crippen molar-refractivity contribution in [1.82, 2.24) is 15.0 Å². The van der Waals surface area contributed by atoms with Crippen molar-refractivity contribution < 1.29 is 9.59 Å². The van der Waals surface area contributed by atoms with Gasteiger partial charge >= 0.3 is 0 Å². The molecule has 0 aromatic carbocycles. The second-order valence-electron chi connectivity index (χ2n) is 7.09. The summed E-state index contributed by atoms with van der Waals surface area (Å²) >= 11 is 1.41. The van der Waals surface area contributed by atoms with Gasteiger partial charge in [0.2, 0.25) is 11.9 Å². The van der Waals surface area contributed by atoms with E-state index in [-0.39, 0.29) is 35.7 Å². The molecule has 2 atom stereocenters. The molecule has 3 rings (SSSR count). The summed E-state index contributed by atoms with van der Waals surface area (Å²) in [5, 5.41) is 9.37. The van der Waals surface area contributed by atoms with Gasteiger partial charge in [-0.05, 0) is 25.0 Å². The van der Waals surface area contributed by atoms with E-state index in [1.54, 1.807) is 12.3 Å². The summed E-state index contributed by atoms with van der Waals surface area (Å²) in [7, 11) is 0. The van der Waals surface area contributed by atoms with E-state index in [2.05, 4.69) is 37.5 Å². The molecule has 0 fully saturated rings. The number of nitrogens with zero attached hydrogens (tertiary/aromatic N) is 3. The fraction of sp³-hybridized carbons (Fsp3) is 0.250. The first-order chi connectivity index (χ1) is 14.7. The minimum Gasteiger partial charge on any atom is -0.401 e. The van der Waals surface area contributed by atoms with Crippen molar-refractivity contribution >= 4 is 40.0 Å². The maximum atomic E-state index is 12.8. The Kier molecular flexibility index (Phi) is 6.65. The highest BCUT2D eigenvalue weighted by molar-refractivity contribution is 7.15. The summed E-state index contributed by atoms with van der Waals surface area (Å²) in [4.78, 5) is 38.1. The molecule has 0 bridgehead atoms. The van der Waals surface area contributed by atoms with E-state index in [1.165, 1.54) is 17.5 Å². The molecule has 11 heteroatoms. The van der Waals surface area contributed by atoms with Crippen LogP contribution in [0.4, 0.5) is 16.9 Å². The Balaban J connectivity index is 1.81. The standard InChI is InChI=1S/C20H24N8O2S/c1-10-4-5-13(6-14(10)18(30)28-20-25-8-12(3)31-20)26-17-15(16(22)29)9-24-19(27-17)23-7-11(2)21/h4-6,8-10,14H,2,7,21H2,1,3H3,(H2,22,29)(H,25,28,30)(H2,23,24,26,27). The smallest absolute Gasteiger partial charge is 0.254 e. The van der Waals surface area contributed by atoms with Gasteiger partial charge in [0.25, 0.3) is 5.91 Å². The van der Waals surface area contributed by atoms with Gasteiger partial charge in [0.1, 0.15) is 11.4 Å². The van der Waals surface area contributed by atoms with Crippen LogP contribution in [0, 0.1) is 18.8 Å². The summed E-state index contributed by atoms with van der Waals surface area (Å²) in [6.07, 6.45) is 8.54. The molecule has 0 saturated heterocycles. The van der Waals surface area contributed by atoms with Crippen molar-refractivity contribution in [3.63, 3.8) is 0 Å². The van der Waals surface area contributed by atoms with Crippen molar-refractivity contribution in [2.75, 3.05) is 22.5 Å². The number of rotatable bonds is 8. The summed E-state index contributed by atoms with van der Waals surface area (Å²) in [5.74, 6) is -0.852. The molecule has 10 nitrogen and oxygen atoms in total. The number of aromatic nitrogens is 3. The van der Waals surface area contributed by atoms with E-state index in [0.717, 1.165) is 4.88 Å². The number of hydrogen-bond acceptors (Lipinski definition) is 9. The lowest BCUT2D eigenvalue weighted by Gasteiger charge is -2.23. The molecule has 2 unspecified atom stereocenters. The van der Waals surface area contributed by atoms with Crippen LogP contribution in [0.25, 0.3) is 0 Å². The van der Waals surface area contributed by atoms with E-state index < -0.39 is 11.8 Å². The average molecular weight is 441 g/mol. The van der Waals surface area contributed by atoms with Gasteiger partial charge in [0, 0.05) is 28.7 Å². The fourth-order valence-corrected chi connectivity index (χ4v) is 3.51. The molecular weight excluding hydrogens is 416 g/mol. The first-order valence-electron chi connectivity index (χ1n) is 9.47. The molecule has 0 saturated carbocycles. The molecule has 7 N–H and O–H groups in total. The van der Waals surface area contributed by atoms with Crippen LogP contribution in [0.1, 0.15) is 22.2 Å². The van der Waals surface area contributed by atoms with Crippen LogP contribution in [0.5, 0.6) is 0 Å². The van der Waals surface area contributed by atoms with Crippen LogP contribution in [0.3, 0.4) is 0 Å². The second-order valence-corrected chi connectivity index (χ2v) is 8.32. The van der Waals surface area contributed by atoms with E-state index in [1.807, 2.05) is 26.0 Å². The zero-order valence-electron chi connectivity index (χ0n) is 17.2. The van der Waals surface area contributed by atoms with Crippen molar-refractivity contribution in [2.24, 2.45) is 23.3 Å². The Hall–Kier alpha value is -3.73. The van der Waals surface area contributed by atoms with Crippen LogP contribution < -0.4 is 27.4 Å². The van der Waals surface area contributed by atoms with Gasteiger partial charge < -0.3 is 27.4 Å². The lowest BCUT2D eigenvalue weighted by molar-refractivity contribution is -0.119. The van der Waals surface area contributed by atoms with E-state index in [9.17, 15) is 9.59 Å². The minimum absolute atomic E-state index is 0.0274. The second kappa shape index (κ2) is 9.39. The van der Waals surface area contributed by atoms with Crippen LogP contribution in [0.15, 0.2) is 48.6 Å². The fourth-order valence-electron chi connectivity index (χ4n) is 2.85. The van der Waals surface area contributed by atoms with Crippen LogP contribution in [0.2, 0.25) is 0 Å². The lowest BCUT2D eigenvalue weighted by atomic mass is 9.88. The van der Waals surface area contributed by atoms with Gasteiger partial charge in [0.15, 0.2) is 5.13 Å². The van der Waals surface area contributed by atoms with Crippen molar-refractivity contribution in [2.45, 2.75) is 13.8 Å². The summed E-state index contributed by atoms with van der Waals surface area (Å²) in [6, 6.07) is 0. The van der Waals surface area contributed by atoms with E-state index >= 15 is 0 Å². The molecule has 0 spiro atoms. The molecule has 0 aliphatic heterocycles. The van der Waals surface area contributed by atoms with Gasteiger partial charge in [-0.3, -0.25) is 9.59 Å². The number of carbonyl (C=O) groups excluding carboxylic acids is 2. The van der Waals surface area contributed by atoms with Crippen molar-refractivity contribution in [3.05, 3.63) is 59.0 Å². The van der Waals surface area contributed by atoms with Gasteiger partial charge in [0.05, 0.1) is 12.5 Å². The number of amides is 2. The number of nitrogens with two attached hydrogens (primary N) is 2. The van der Waals surface area contributed by atoms with Gasteiger partial charge in [-0.15, -0.1) is 11.3 Å². The monoisotopic (exact) mass is 440 g/mol. The summed E-state index contributed by atoms with van der Waals surface area (Å²) < 4.78 is 0. The zero-order chi connectivity index (χ0) is 22.5. The van der Waals surface area contributed by atoms with E-state index in [4.69, 9.17) is 11.5 Å². The SMILES string of the molecule is C=C(N)CNc1ncc(C(N)=O)c(NC2=CC(C(=O)Nc3ncc(C)s3)C(C)C=C2)n1. The number of thiazole rings is 1. The van der Waals surface area contributed by atoms with Crippen LogP contribution >= 0.6 is 11.3 Å². The Morgan fingerprint density at radius 3 is 2.68 bits per heavy atom. The molecule has 2 aromatic heterocycles. The predicted octanol–water partition coefficient (Wildman–Crippen LogP) is 1.98. The topological polar surface area (TPSA) is 161 Å². The van der Waals surface area contributed by atoms with Crippen molar-refractivity contribution in [3.8, 4) is 0 Å². The van der Waals surface area contributed by atoms with Crippen molar-refractivity contribution in [1.29, 1.82) is 0 Å². The van der Waals surface area contributed by atoms with Gasteiger partial charge in [-0.25, -0.2) is 9.97 Å². The minimum atomic E-state index is -0.681. The predicted molar refractivity (Wildman–Crippen MR) is 121 cm³/mol. The Morgan fingerprint density at radius 1 is 1.26 bits per heavy atom. The number of primary amides is 1. The number of nitrogens with one attached hydrogen (secondary N) is 3. The third-order valence-electron chi connectivity index (χ3n) is 4.45. The molecule has 2 amide bonds. The summed E-state index contributed by atoms with van der Waals surface area (Å²) in [5.41, 5.74) is 12.1. The molecule has 1 aliphatic rings. The molecule has 162 valence electrons. The number of allylic oxidation sites excluding steroid dienone is 2. The van der Waals surface area contributed by atoms with Gasteiger partial charge in [-0.1, -0.05) is 19.6 Å². The van der Waals surface area contributed by atoms with E-state index in [0.29, 0.717) is 16.5 Å². The molecule has 1 aliphatic carbocycles. The largest absolute Gasteiger partial charge is 0.401 e. The molecular formula is C20H24N8O2S. The molecule has 2 aromatic rings. The highest BCUT2D eigenvalue weighted by Crippen LogP contribution is 2.27. The number of aryl methyl sites for hydroxylation is 1. The Labute approximate surface area is 183 Å². The highest BCUT2D eigenvalue weighted by atomic mass is 32.1. The molecule has 0 radical (unpaired) electrons. The number of hydrogen-bond donors (Lipinski definition) is 5. The number of carbonyl (C=O) groups is 2. The first-order valence-corrected chi connectivity index (χ1v) is 10.3. The third-order valence-corrected chi connectivity index (χ3v) is 5.28. The highest BCUT2D eigenvalue weighted by Gasteiger charge is 2.26. The average Bonchev–Trinajstić information content (AvgIpc) is 3.12. The molecule has 2 heterocycles. The summed E-state index contributed by atoms with van der Waals surface area (Å²) in [6.45, 7) is 7.75. The van der Waals surface area contributed by atoms with Crippen LogP contribution in [-0.2, 0) is 4.79 Å². The maximum absolute atomic E-state index is 12.8.